The second-order valence-corrected chi connectivity index (χ2v) is 4.69. The van der Waals surface area contributed by atoms with E-state index in [2.05, 4.69) is 36.5 Å². The van der Waals surface area contributed by atoms with Gasteiger partial charge in [-0.1, -0.05) is 29.8 Å². The summed E-state index contributed by atoms with van der Waals surface area (Å²) in [6, 6.07) is 8.30. The lowest BCUT2D eigenvalue weighted by molar-refractivity contribution is 0.104. The Labute approximate surface area is 103 Å². The zero-order chi connectivity index (χ0) is 12.1. The molecule has 2 rings (SSSR count). The van der Waals surface area contributed by atoms with Crippen molar-refractivity contribution >= 4 is 0 Å². The van der Waals surface area contributed by atoms with Crippen molar-refractivity contribution in [2.75, 3.05) is 19.8 Å². The molecule has 3 nitrogen and oxygen atoms in total. The molecule has 1 aliphatic heterocycles. The van der Waals surface area contributed by atoms with E-state index in [0.29, 0.717) is 6.10 Å². The smallest absolute Gasteiger partial charge is 0.0700 e. The number of nitrogens with one attached hydrogen (secondary N) is 1. The number of hydrogen-bond acceptors (Lipinski definition) is 3. The normalized spacial score (nSPS) is 21.6. The topological polar surface area (TPSA) is 41.5 Å². The average molecular weight is 235 g/mol. The SMILES string of the molecule is Cc1ccc(C(CO)NCC2CCCO2)cc1. The number of aliphatic hydroxyl groups excluding tert-OH is 1. The van der Waals surface area contributed by atoms with Crippen LogP contribution in [0.2, 0.25) is 0 Å². The van der Waals surface area contributed by atoms with Gasteiger partial charge in [-0.25, -0.2) is 0 Å². The van der Waals surface area contributed by atoms with E-state index < -0.39 is 0 Å². The predicted octanol–water partition coefficient (Wildman–Crippen LogP) is 1.80. The molecule has 94 valence electrons. The van der Waals surface area contributed by atoms with Gasteiger partial charge in [-0.3, -0.25) is 0 Å². The number of aryl methyl sites for hydroxylation is 1. The maximum Gasteiger partial charge on any atom is 0.0700 e. The van der Waals surface area contributed by atoms with Gasteiger partial charge in [0.05, 0.1) is 18.8 Å². The van der Waals surface area contributed by atoms with Gasteiger partial charge < -0.3 is 15.2 Å². The summed E-state index contributed by atoms with van der Waals surface area (Å²) >= 11 is 0. The fourth-order valence-corrected chi connectivity index (χ4v) is 2.17. The lowest BCUT2D eigenvalue weighted by Crippen LogP contribution is -2.31. The Morgan fingerprint density at radius 2 is 2.18 bits per heavy atom. The molecule has 1 heterocycles. The maximum atomic E-state index is 9.42. The van der Waals surface area contributed by atoms with Gasteiger partial charge >= 0.3 is 0 Å². The highest BCUT2D eigenvalue weighted by Gasteiger charge is 2.17. The molecule has 2 N–H and O–H groups in total. The molecule has 0 saturated carbocycles. The first-order valence-electron chi connectivity index (χ1n) is 6.32. The van der Waals surface area contributed by atoms with E-state index in [4.69, 9.17) is 4.74 Å². The molecule has 1 aromatic carbocycles. The van der Waals surface area contributed by atoms with Crippen LogP contribution in [0.25, 0.3) is 0 Å². The second kappa shape index (κ2) is 6.15. The molecule has 0 aromatic heterocycles. The molecule has 0 bridgehead atoms. The van der Waals surface area contributed by atoms with Crippen LogP contribution in [0, 0.1) is 6.92 Å². The van der Waals surface area contributed by atoms with Gasteiger partial charge in [0, 0.05) is 13.2 Å². The summed E-state index contributed by atoms with van der Waals surface area (Å²) in [4.78, 5) is 0. The molecule has 0 radical (unpaired) electrons. The van der Waals surface area contributed by atoms with Crippen LogP contribution in [-0.2, 0) is 4.74 Å². The number of rotatable bonds is 5. The van der Waals surface area contributed by atoms with Crippen LogP contribution >= 0.6 is 0 Å². The second-order valence-electron chi connectivity index (χ2n) is 4.69. The van der Waals surface area contributed by atoms with Crippen molar-refractivity contribution < 1.29 is 9.84 Å². The molecule has 0 aliphatic carbocycles. The molecule has 1 saturated heterocycles. The summed E-state index contributed by atoms with van der Waals surface area (Å²) in [5, 5.41) is 12.8. The largest absolute Gasteiger partial charge is 0.394 e. The van der Waals surface area contributed by atoms with Crippen LogP contribution in [0.5, 0.6) is 0 Å². The van der Waals surface area contributed by atoms with E-state index in [1.165, 1.54) is 5.56 Å². The third-order valence-electron chi connectivity index (χ3n) is 3.28. The van der Waals surface area contributed by atoms with E-state index in [1.807, 2.05) is 0 Å². The van der Waals surface area contributed by atoms with Crippen LogP contribution in [-0.4, -0.2) is 31.0 Å². The highest BCUT2D eigenvalue weighted by Crippen LogP contribution is 2.16. The summed E-state index contributed by atoms with van der Waals surface area (Å²) in [5.41, 5.74) is 2.38. The highest BCUT2D eigenvalue weighted by atomic mass is 16.5. The quantitative estimate of drug-likeness (QED) is 0.817. The van der Waals surface area contributed by atoms with Gasteiger partial charge in [-0.2, -0.15) is 0 Å². The zero-order valence-corrected chi connectivity index (χ0v) is 10.4. The molecular formula is C14H21NO2. The van der Waals surface area contributed by atoms with E-state index in [1.54, 1.807) is 0 Å². The van der Waals surface area contributed by atoms with Crippen LogP contribution in [0.4, 0.5) is 0 Å². The summed E-state index contributed by atoms with van der Waals surface area (Å²) in [7, 11) is 0. The molecule has 1 aliphatic rings. The molecule has 17 heavy (non-hydrogen) atoms. The minimum Gasteiger partial charge on any atom is -0.394 e. The van der Waals surface area contributed by atoms with E-state index in [9.17, 15) is 5.11 Å². The van der Waals surface area contributed by atoms with E-state index >= 15 is 0 Å². The lowest BCUT2D eigenvalue weighted by Gasteiger charge is -2.19. The average Bonchev–Trinajstić information content (AvgIpc) is 2.85. The third-order valence-corrected chi connectivity index (χ3v) is 3.28. The van der Waals surface area contributed by atoms with Gasteiger partial charge in [0.15, 0.2) is 0 Å². The Morgan fingerprint density at radius 1 is 1.41 bits per heavy atom. The Hall–Kier alpha value is -0.900. The van der Waals surface area contributed by atoms with E-state index in [-0.39, 0.29) is 12.6 Å². The highest BCUT2D eigenvalue weighted by molar-refractivity contribution is 5.24. The number of benzene rings is 1. The summed E-state index contributed by atoms with van der Waals surface area (Å²) < 4.78 is 5.56. The monoisotopic (exact) mass is 235 g/mol. The van der Waals surface area contributed by atoms with Crippen LogP contribution < -0.4 is 5.32 Å². The molecule has 2 unspecified atom stereocenters. The molecule has 3 heteroatoms. The Kier molecular flexibility index (Phi) is 4.54. The molecule has 1 fully saturated rings. The zero-order valence-electron chi connectivity index (χ0n) is 10.4. The van der Waals surface area contributed by atoms with Gasteiger partial charge in [0.1, 0.15) is 0 Å². The fraction of sp³-hybridized carbons (Fsp3) is 0.571. The van der Waals surface area contributed by atoms with Crippen LogP contribution in [0.1, 0.15) is 30.0 Å². The van der Waals surface area contributed by atoms with Crippen molar-refractivity contribution in [3.05, 3.63) is 35.4 Å². The first-order chi connectivity index (χ1) is 8.29. The van der Waals surface area contributed by atoms with Crippen LogP contribution in [0.3, 0.4) is 0 Å². The summed E-state index contributed by atoms with van der Waals surface area (Å²) in [5.74, 6) is 0. The Bertz CT molecular complexity index is 331. The fourth-order valence-electron chi connectivity index (χ4n) is 2.17. The molecule has 0 spiro atoms. The minimum atomic E-state index is 0.0137. The standard InChI is InChI=1S/C14H21NO2/c1-11-4-6-12(7-5-11)14(10-16)15-9-13-3-2-8-17-13/h4-7,13-16H,2-3,8-10H2,1H3. The minimum absolute atomic E-state index is 0.0137. The van der Waals surface area contributed by atoms with Crippen molar-refractivity contribution in [1.82, 2.24) is 5.32 Å². The van der Waals surface area contributed by atoms with Crippen LogP contribution in [0.15, 0.2) is 24.3 Å². The van der Waals surface area contributed by atoms with Crippen molar-refractivity contribution in [3.8, 4) is 0 Å². The summed E-state index contributed by atoms with van der Waals surface area (Å²) in [6.45, 7) is 3.88. The molecule has 1 aromatic rings. The molecule has 0 amide bonds. The van der Waals surface area contributed by atoms with Gasteiger partial charge in [-0.15, -0.1) is 0 Å². The molecule has 2 atom stereocenters. The third kappa shape index (κ3) is 3.53. The number of aliphatic hydroxyl groups is 1. The van der Waals surface area contributed by atoms with Gasteiger partial charge in [-0.05, 0) is 25.3 Å². The van der Waals surface area contributed by atoms with Gasteiger partial charge in [0.2, 0.25) is 0 Å². The Balaban J connectivity index is 1.89. The Morgan fingerprint density at radius 3 is 2.76 bits per heavy atom. The van der Waals surface area contributed by atoms with Crippen molar-refractivity contribution in [3.63, 3.8) is 0 Å². The van der Waals surface area contributed by atoms with Crippen molar-refractivity contribution in [1.29, 1.82) is 0 Å². The summed E-state index contributed by atoms with van der Waals surface area (Å²) in [6.07, 6.45) is 2.59. The number of ether oxygens (including phenoxy) is 1. The maximum absolute atomic E-state index is 9.42. The molecular weight excluding hydrogens is 214 g/mol. The lowest BCUT2D eigenvalue weighted by atomic mass is 10.1. The van der Waals surface area contributed by atoms with Crippen molar-refractivity contribution in [2.45, 2.75) is 31.9 Å². The number of hydrogen-bond donors (Lipinski definition) is 2. The van der Waals surface area contributed by atoms with E-state index in [0.717, 1.165) is 31.6 Å². The first-order valence-corrected chi connectivity index (χ1v) is 6.32. The predicted molar refractivity (Wildman–Crippen MR) is 68.0 cm³/mol. The first kappa shape index (κ1) is 12.6. The van der Waals surface area contributed by atoms with Gasteiger partial charge in [0.25, 0.3) is 0 Å². The van der Waals surface area contributed by atoms with Crippen molar-refractivity contribution in [2.24, 2.45) is 0 Å².